The second kappa shape index (κ2) is 10.2. The number of anilines is 1. The van der Waals surface area contributed by atoms with Gasteiger partial charge in [-0.25, -0.2) is 14.8 Å². The third kappa shape index (κ3) is 5.74. The maximum atomic E-state index is 12.6. The number of hydrogen-bond acceptors (Lipinski definition) is 5. The van der Waals surface area contributed by atoms with Gasteiger partial charge in [0.25, 0.3) is 0 Å². The van der Waals surface area contributed by atoms with Crippen molar-refractivity contribution in [2.75, 3.05) is 18.0 Å². The minimum absolute atomic E-state index is 0.198. The molecule has 2 N–H and O–H groups in total. The van der Waals surface area contributed by atoms with Crippen molar-refractivity contribution in [3.63, 3.8) is 0 Å². The van der Waals surface area contributed by atoms with Crippen LogP contribution in [0.3, 0.4) is 0 Å². The molecule has 1 amide bonds. The number of aromatic nitrogens is 2. The van der Waals surface area contributed by atoms with Crippen molar-refractivity contribution in [3.05, 3.63) is 53.9 Å². The summed E-state index contributed by atoms with van der Waals surface area (Å²) in [6, 6.07) is 11.1. The Morgan fingerprint density at radius 1 is 1.09 bits per heavy atom. The summed E-state index contributed by atoms with van der Waals surface area (Å²) in [6.45, 7) is 1.94. The summed E-state index contributed by atoms with van der Waals surface area (Å²) < 4.78 is 31.7. The van der Waals surface area contributed by atoms with Gasteiger partial charge in [-0.3, -0.25) is 4.79 Å². The quantitative estimate of drug-likeness (QED) is 0.667. The highest BCUT2D eigenvalue weighted by Crippen LogP contribution is 2.52. The second-order valence-electron chi connectivity index (χ2n) is 9.51. The summed E-state index contributed by atoms with van der Waals surface area (Å²) >= 11 is 0. The van der Waals surface area contributed by atoms with Crippen LogP contribution in [-0.4, -0.2) is 52.3 Å². The van der Waals surface area contributed by atoms with Crippen molar-refractivity contribution >= 4 is 17.8 Å². The predicted octanol–water partition coefficient (Wildman–Crippen LogP) is 4.19. The average Bonchev–Trinajstić information content (AvgIpc) is 3.10. The van der Waals surface area contributed by atoms with Gasteiger partial charge < -0.3 is 15.3 Å². The first kappa shape index (κ1) is 24.9. The Kier molecular flexibility index (Phi) is 7.28. The van der Waals surface area contributed by atoms with E-state index in [1.54, 1.807) is 0 Å². The first-order valence-corrected chi connectivity index (χ1v) is 11.9. The number of nitrogens with one attached hydrogen (secondary N) is 1. The van der Waals surface area contributed by atoms with Gasteiger partial charge in [0, 0.05) is 37.9 Å². The number of aliphatic carboxylic acids is 1. The predicted molar refractivity (Wildman–Crippen MR) is 123 cm³/mol. The average molecular weight is 491 g/mol. The van der Waals surface area contributed by atoms with Crippen LogP contribution in [0.25, 0.3) is 0 Å². The highest BCUT2D eigenvalue weighted by Gasteiger charge is 2.46. The Labute approximate surface area is 201 Å². The van der Waals surface area contributed by atoms with Crippen LogP contribution in [-0.2, 0) is 15.0 Å². The monoisotopic (exact) mass is 490 g/mol. The Bertz CT molecular complexity index is 1040. The summed E-state index contributed by atoms with van der Waals surface area (Å²) in [4.78, 5) is 32.6. The fraction of sp³-hybridized carbons (Fsp3) is 0.520. The van der Waals surface area contributed by atoms with Crippen molar-refractivity contribution < 1.29 is 27.9 Å². The molecule has 1 saturated carbocycles. The number of alkyl halides is 3. The zero-order chi connectivity index (χ0) is 25.1. The number of carboxylic acids is 1. The zero-order valence-corrected chi connectivity index (χ0v) is 19.3. The van der Waals surface area contributed by atoms with E-state index in [0.29, 0.717) is 18.4 Å². The van der Waals surface area contributed by atoms with E-state index in [1.807, 2.05) is 18.5 Å². The van der Waals surface area contributed by atoms with E-state index in [1.165, 1.54) is 17.5 Å². The third-order valence-corrected chi connectivity index (χ3v) is 7.31. The van der Waals surface area contributed by atoms with Crippen LogP contribution < -0.4 is 10.2 Å². The van der Waals surface area contributed by atoms with Crippen molar-refractivity contribution in [2.24, 2.45) is 0 Å². The van der Waals surface area contributed by atoms with Crippen molar-refractivity contribution in [2.45, 2.75) is 68.5 Å². The highest BCUT2D eigenvalue weighted by molar-refractivity contribution is 5.77. The molecule has 1 aliphatic heterocycles. The molecule has 35 heavy (non-hydrogen) atoms. The van der Waals surface area contributed by atoms with Crippen molar-refractivity contribution in [1.29, 1.82) is 0 Å². The molecule has 1 spiro atoms. The second-order valence-corrected chi connectivity index (χ2v) is 9.51. The Morgan fingerprint density at radius 2 is 1.71 bits per heavy atom. The van der Waals surface area contributed by atoms with E-state index in [4.69, 9.17) is 9.90 Å². The highest BCUT2D eigenvalue weighted by atomic mass is 19.4. The molecule has 2 heterocycles. The molecule has 0 radical (unpaired) electrons. The Hall–Kier alpha value is -3.17. The van der Waals surface area contributed by atoms with Crippen LogP contribution in [0.15, 0.2) is 42.7 Å². The normalized spacial score (nSPS) is 20.9. The van der Waals surface area contributed by atoms with E-state index >= 15 is 0 Å². The molecule has 10 heteroatoms. The summed E-state index contributed by atoms with van der Waals surface area (Å²) in [6.07, 6.45) is 6.01. The van der Waals surface area contributed by atoms with Gasteiger partial charge in [-0.15, -0.1) is 0 Å². The van der Waals surface area contributed by atoms with Gasteiger partial charge in [-0.05, 0) is 67.1 Å². The minimum atomic E-state index is -5.08. The summed E-state index contributed by atoms with van der Waals surface area (Å²) in [5, 5.41) is 10.4. The van der Waals surface area contributed by atoms with Gasteiger partial charge >= 0.3 is 12.1 Å². The van der Waals surface area contributed by atoms with E-state index in [9.17, 15) is 18.0 Å². The standard InChI is InChI=1S/C23H28N4O.C2HF3O2/c28-21(26-18-5-3-6-18)15-17-16-23(20-8-2-1-7-19(17)20)9-13-27(14-10-23)22-24-11-4-12-25-22;3-2(4,5)1(6)7/h1-2,4,7-8,11-12,17-18H,3,5-6,9-10,13-16H2,(H,26,28);(H,6,7). The lowest BCUT2D eigenvalue weighted by atomic mass is 9.73. The van der Waals surface area contributed by atoms with Gasteiger partial charge in [0.05, 0.1) is 0 Å². The molecule has 1 aromatic heterocycles. The summed E-state index contributed by atoms with van der Waals surface area (Å²) in [5.74, 6) is -1.35. The molecule has 1 saturated heterocycles. The van der Waals surface area contributed by atoms with Gasteiger partial charge in [-0.1, -0.05) is 24.3 Å². The van der Waals surface area contributed by atoms with Crippen LogP contribution in [0, 0.1) is 0 Å². The number of rotatable bonds is 4. The van der Waals surface area contributed by atoms with Gasteiger partial charge in [0.1, 0.15) is 0 Å². The van der Waals surface area contributed by atoms with Crippen LogP contribution in [0.1, 0.15) is 62.0 Å². The lowest BCUT2D eigenvalue weighted by Gasteiger charge is -2.40. The molecule has 5 rings (SSSR count). The molecular formula is C25H29F3N4O3. The SMILES string of the molecule is O=C(CC1CC2(CCN(c3ncccn3)CC2)c2ccccc21)NC1CCC1.O=C(O)C(F)(F)F. The molecule has 3 aliphatic rings. The third-order valence-electron chi connectivity index (χ3n) is 7.31. The summed E-state index contributed by atoms with van der Waals surface area (Å²) in [5.41, 5.74) is 3.07. The lowest BCUT2D eigenvalue weighted by molar-refractivity contribution is -0.192. The molecule has 2 aliphatic carbocycles. The Balaban J connectivity index is 0.000000364. The van der Waals surface area contributed by atoms with Crippen LogP contribution in [0.4, 0.5) is 19.1 Å². The smallest absolute Gasteiger partial charge is 0.475 e. The largest absolute Gasteiger partial charge is 0.490 e. The van der Waals surface area contributed by atoms with E-state index in [-0.39, 0.29) is 11.3 Å². The molecule has 2 aromatic rings. The first-order valence-electron chi connectivity index (χ1n) is 11.9. The van der Waals surface area contributed by atoms with Gasteiger partial charge in [0.15, 0.2) is 0 Å². The number of benzene rings is 1. The first-order chi connectivity index (χ1) is 16.7. The molecular weight excluding hydrogens is 461 g/mol. The topological polar surface area (TPSA) is 95.4 Å². The fourth-order valence-corrected chi connectivity index (χ4v) is 5.34. The number of carboxylic acid groups (broad SMARTS) is 1. The van der Waals surface area contributed by atoms with Crippen LogP contribution in [0.2, 0.25) is 0 Å². The Morgan fingerprint density at radius 3 is 2.29 bits per heavy atom. The molecule has 0 bridgehead atoms. The van der Waals surface area contributed by atoms with E-state index < -0.39 is 12.1 Å². The zero-order valence-electron chi connectivity index (χ0n) is 19.3. The number of amides is 1. The number of piperidine rings is 1. The number of nitrogens with zero attached hydrogens (tertiary/aromatic N) is 3. The molecule has 2 fully saturated rings. The van der Waals surface area contributed by atoms with Crippen molar-refractivity contribution in [3.8, 4) is 0 Å². The maximum absolute atomic E-state index is 12.6. The maximum Gasteiger partial charge on any atom is 0.490 e. The lowest BCUT2D eigenvalue weighted by Crippen LogP contribution is -2.42. The molecule has 188 valence electrons. The van der Waals surface area contributed by atoms with Crippen LogP contribution >= 0.6 is 0 Å². The summed E-state index contributed by atoms with van der Waals surface area (Å²) in [7, 11) is 0. The minimum Gasteiger partial charge on any atom is -0.475 e. The molecule has 1 aromatic carbocycles. The molecule has 1 atom stereocenters. The number of fused-ring (bicyclic) bond motifs is 2. The van der Waals surface area contributed by atoms with Crippen molar-refractivity contribution in [1.82, 2.24) is 15.3 Å². The van der Waals surface area contributed by atoms with Gasteiger partial charge in [0.2, 0.25) is 11.9 Å². The van der Waals surface area contributed by atoms with Gasteiger partial charge in [-0.2, -0.15) is 13.2 Å². The number of carbonyl (C=O) groups is 2. The number of halogens is 3. The fourth-order valence-electron chi connectivity index (χ4n) is 5.34. The van der Waals surface area contributed by atoms with Crippen LogP contribution in [0.5, 0.6) is 0 Å². The molecule has 7 nitrogen and oxygen atoms in total. The number of carbonyl (C=O) groups excluding carboxylic acids is 1. The van der Waals surface area contributed by atoms with E-state index in [0.717, 1.165) is 51.1 Å². The molecule has 1 unspecified atom stereocenters. The van der Waals surface area contributed by atoms with E-state index in [2.05, 4.69) is 44.5 Å². The number of hydrogen-bond donors (Lipinski definition) is 2.